The molecule has 0 spiro atoms. The first-order valence-corrected chi connectivity index (χ1v) is 10.7. The lowest BCUT2D eigenvalue weighted by molar-refractivity contribution is 0.0582. The molecule has 0 saturated carbocycles. The third-order valence-corrected chi connectivity index (χ3v) is 6.75. The molecule has 154 valence electrons. The summed E-state index contributed by atoms with van der Waals surface area (Å²) in [5, 5.41) is 3.61. The third-order valence-electron chi connectivity index (χ3n) is 6.75. The van der Waals surface area contributed by atoms with Crippen LogP contribution in [0.3, 0.4) is 0 Å². The number of aryl methyl sites for hydroxylation is 1. The van der Waals surface area contributed by atoms with Crippen LogP contribution in [0.4, 0.5) is 5.69 Å². The van der Waals surface area contributed by atoms with Gasteiger partial charge in [-0.15, -0.1) is 0 Å². The fraction of sp³-hybridized carbons (Fsp3) is 0.375. The van der Waals surface area contributed by atoms with Gasteiger partial charge in [0.1, 0.15) is 0 Å². The van der Waals surface area contributed by atoms with Gasteiger partial charge in [-0.05, 0) is 44.2 Å². The van der Waals surface area contributed by atoms with Crippen LogP contribution in [0.2, 0.25) is 0 Å². The molecule has 2 aliphatic heterocycles. The lowest BCUT2D eigenvalue weighted by Gasteiger charge is -2.40. The van der Waals surface area contributed by atoms with Crippen LogP contribution < -0.4 is 11.1 Å². The van der Waals surface area contributed by atoms with Crippen LogP contribution in [0.5, 0.6) is 0 Å². The van der Waals surface area contributed by atoms with Gasteiger partial charge in [0, 0.05) is 41.9 Å². The molecule has 30 heavy (non-hydrogen) atoms. The van der Waals surface area contributed by atoms with Crippen molar-refractivity contribution in [2.75, 3.05) is 5.32 Å². The van der Waals surface area contributed by atoms with Crippen LogP contribution in [-0.2, 0) is 6.42 Å². The van der Waals surface area contributed by atoms with E-state index in [1.807, 2.05) is 37.3 Å². The van der Waals surface area contributed by atoms with Crippen LogP contribution in [-0.4, -0.2) is 39.8 Å². The summed E-state index contributed by atoms with van der Waals surface area (Å²) < 4.78 is 0. The molecule has 2 saturated heterocycles. The maximum absolute atomic E-state index is 13.3. The van der Waals surface area contributed by atoms with Crippen molar-refractivity contribution < 1.29 is 9.59 Å². The number of rotatable bonds is 4. The van der Waals surface area contributed by atoms with E-state index in [4.69, 9.17) is 5.73 Å². The summed E-state index contributed by atoms with van der Waals surface area (Å²) in [6.07, 6.45) is 10.2. The summed E-state index contributed by atoms with van der Waals surface area (Å²) in [7, 11) is 0. The largest absolute Gasteiger partial charge is 0.381 e. The van der Waals surface area contributed by atoms with E-state index in [2.05, 4.69) is 21.3 Å². The van der Waals surface area contributed by atoms with E-state index in [1.54, 1.807) is 6.20 Å². The third kappa shape index (κ3) is 3.07. The zero-order valence-electron chi connectivity index (χ0n) is 17.1. The highest BCUT2D eigenvalue weighted by Crippen LogP contribution is 2.39. The fourth-order valence-corrected chi connectivity index (χ4v) is 5.32. The predicted molar refractivity (Wildman–Crippen MR) is 116 cm³/mol. The van der Waals surface area contributed by atoms with E-state index >= 15 is 0 Å². The van der Waals surface area contributed by atoms with Gasteiger partial charge in [-0.2, -0.15) is 0 Å². The van der Waals surface area contributed by atoms with Gasteiger partial charge in [0.2, 0.25) is 0 Å². The Morgan fingerprint density at radius 1 is 1.13 bits per heavy atom. The van der Waals surface area contributed by atoms with Gasteiger partial charge in [0.05, 0.1) is 16.9 Å². The van der Waals surface area contributed by atoms with Crippen molar-refractivity contribution >= 4 is 23.6 Å². The standard InChI is InChI=1S/C24H26N4O2/c1-14-5-2-3-6-18(14)24(30)28-16-9-10-17(28)12-15(11-16)27-22-19-7-4-8-21(19)26-13-20(22)23(25)29/h2-7,13,15-17H,8-12H2,1H3,(H2,25,29)(H,26,27)/t16-,17-/m0/s1. The molecule has 1 aliphatic carbocycles. The first-order chi connectivity index (χ1) is 14.5. The van der Waals surface area contributed by atoms with Gasteiger partial charge in [0.25, 0.3) is 11.8 Å². The highest BCUT2D eigenvalue weighted by molar-refractivity contribution is 6.00. The first kappa shape index (κ1) is 18.9. The SMILES string of the molecule is Cc1ccccc1C(=O)N1[C@H]2CC[C@H]1CC(Nc1c(C(N)=O)cnc3c1C=CC3)C2. The zero-order valence-corrected chi connectivity index (χ0v) is 17.1. The molecule has 6 nitrogen and oxygen atoms in total. The zero-order chi connectivity index (χ0) is 20.8. The number of pyridine rings is 1. The summed E-state index contributed by atoms with van der Waals surface area (Å²) in [4.78, 5) is 31.8. The normalized spacial score (nSPS) is 24.0. The lowest BCUT2D eigenvalue weighted by Crippen LogP contribution is -2.50. The summed E-state index contributed by atoms with van der Waals surface area (Å²) in [5.41, 5.74) is 10.6. The molecule has 0 unspecified atom stereocenters. The Labute approximate surface area is 176 Å². The predicted octanol–water partition coefficient (Wildman–Crippen LogP) is 3.31. The van der Waals surface area contributed by atoms with Crippen LogP contribution in [0.15, 0.2) is 36.5 Å². The quantitative estimate of drug-likeness (QED) is 0.821. The summed E-state index contributed by atoms with van der Waals surface area (Å²) in [6, 6.07) is 8.45. The molecule has 2 amide bonds. The number of amides is 2. The van der Waals surface area contributed by atoms with Gasteiger partial charge in [0.15, 0.2) is 0 Å². The molecule has 5 rings (SSSR count). The molecule has 1 aromatic heterocycles. The van der Waals surface area contributed by atoms with Crippen LogP contribution in [0, 0.1) is 6.92 Å². The first-order valence-electron chi connectivity index (χ1n) is 10.7. The average Bonchev–Trinajstić information content (AvgIpc) is 3.30. The minimum absolute atomic E-state index is 0.143. The number of piperidine rings is 1. The number of allylic oxidation sites excluding steroid dienone is 1. The minimum Gasteiger partial charge on any atom is -0.381 e. The number of nitrogens with two attached hydrogens (primary N) is 1. The molecule has 6 heteroatoms. The smallest absolute Gasteiger partial charge is 0.254 e. The summed E-state index contributed by atoms with van der Waals surface area (Å²) in [5.74, 6) is -0.326. The van der Waals surface area contributed by atoms with E-state index in [-0.39, 0.29) is 24.0 Å². The van der Waals surface area contributed by atoms with Crippen molar-refractivity contribution in [1.29, 1.82) is 0 Å². The van der Waals surface area contributed by atoms with Crippen LogP contribution >= 0.6 is 0 Å². The minimum atomic E-state index is -0.469. The highest BCUT2D eigenvalue weighted by atomic mass is 16.2. The molecule has 2 atom stereocenters. The van der Waals surface area contributed by atoms with Gasteiger partial charge in [-0.1, -0.05) is 30.4 Å². The van der Waals surface area contributed by atoms with Gasteiger partial charge >= 0.3 is 0 Å². The number of nitrogens with one attached hydrogen (secondary N) is 1. The van der Waals surface area contributed by atoms with Crippen molar-refractivity contribution in [3.8, 4) is 0 Å². The lowest BCUT2D eigenvalue weighted by atomic mass is 9.94. The molecule has 1 aromatic carbocycles. The molecule has 0 radical (unpaired) electrons. The molecular formula is C24H26N4O2. The highest BCUT2D eigenvalue weighted by Gasteiger charge is 2.44. The number of hydrogen-bond donors (Lipinski definition) is 2. The topological polar surface area (TPSA) is 88.3 Å². The maximum Gasteiger partial charge on any atom is 0.254 e. The van der Waals surface area contributed by atoms with Crippen molar-refractivity contribution in [2.24, 2.45) is 5.73 Å². The number of benzene rings is 1. The van der Waals surface area contributed by atoms with Crippen LogP contribution in [0.1, 0.15) is 63.2 Å². The fourth-order valence-electron chi connectivity index (χ4n) is 5.32. The average molecular weight is 402 g/mol. The molecule has 2 bridgehead atoms. The van der Waals surface area contributed by atoms with E-state index in [0.29, 0.717) is 5.56 Å². The van der Waals surface area contributed by atoms with Crippen molar-refractivity contribution in [3.63, 3.8) is 0 Å². The Bertz CT molecular complexity index is 1050. The summed E-state index contributed by atoms with van der Waals surface area (Å²) >= 11 is 0. The van der Waals surface area contributed by atoms with Gasteiger partial charge in [-0.25, -0.2) is 0 Å². The van der Waals surface area contributed by atoms with E-state index < -0.39 is 5.91 Å². The number of carbonyl (C=O) groups excluding carboxylic acids is 2. The Morgan fingerprint density at radius 3 is 2.57 bits per heavy atom. The van der Waals surface area contributed by atoms with Crippen molar-refractivity contribution in [3.05, 3.63) is 64.5 Å². The number of aromatic nitrogens is 1. The molecule has 3 N–H and O–H groups in total. The Kier molecular flexibility index (Phi) is 4.57. The Hall–Kier alpha value is -3.15. The Morgan fingerprint density at radius 2 is 1.87 bits per heavy atom. The molecule has 3 heterocycles. The number of nitrogens with zero attached hydrogens (tertiary/aromatic N) is 2. The monoisotopic (exact) mass is 402 g/mol. The number of carbonyl (C=O) groups is 2. The Balaban J connectivity index is 1.38. The van der Waals surface area contributed by atoms with Crippen LogP contribution in [0.25, 0.3) is 6.08 Å². The number of anilines is 1. The van der Waals surface area contributed by atoms with Crippen molar-refractivity contribution in [2.45, 2.75) is 57.2 Å². The van der Waals surface area contributed by atoms with Gasteiger partial charge < -0.3 is 16.0 Å². The number of hydrogen-bond acceptors (Lipinski definition) is 4. The molecular weight excluding hydrogens is 376 g/mol. The molecule has 3 aliphatic rings. The van der Waals surface area contributed by atoms with E-state index in [1.165, 1.54) is 0 Å². The molecule has 2 fully saturated rings. The summed E-state index contributed by atoms with van der Waals surface area (Å²) in [6.45, 7) is 1.99. The van der Waals surface area contributed by atoms with Gasteiger partial charge in [-0.3, -0.25) is 14.6 Å². The van der Waals surface area contributed by atoms with Crippen molar-refractivity contribution in [1.82, 2.24) is 9.88 Å². The number of primary amides is 1. The number of fused-ring (bicyclic) bond motifs is 3. The van der Waals surface area contributed by atoms with E-state index in [9.17, 15) is 9.59 Å². The second-order valence-electron chi connectivity index (χ2n) is 8.60. The second kappa shape index (κ2) is 7.27. The maximum atomic E-state index is 13.3. The molecule has 2 aromatic rings. The second-order valence-corrected chi connectivity index (χ2v) is 8.60. The van der Waals surface area contributed by atoms with E-state index in [0.717, 1.165) is 60.2 Å².